The number of aliphatic hydroxyl groups excluding tert-OH is 1. The minimum Gasteiger partial charge on any atom is -0.396 e. The van der Waals surface area contributed by atoms with E-state index in [1.165, 1.54) is 4.57 Å². The van der Waals surface area contributed by atoms with E-state index in [4.69, 9.17) is 4.74 Å². The van der Waals surface area contributed by atoms with Crippen LogP contribution in [-0.4, -0.2) is 34.6 Å². The number of nitrogens with zero attached hydrogens (tertiary/aromatic N) is 2. The van der Waals surface area contributed by atoms with Crippen molar-refractivity contribution >= 4 is 26.8 Å². The molecule has 0 bridgehead atoms. The average Bonchev–Trinajstić information content (AvgIpc) is 2.97. The second-order valence-electron chi connectivity index (χ2n) is 8.50. The first-order valence-corrected chi connectivity index (χ1v) is 10.7. The monoisotopic (exact) mass is 498 g/mol. The molecule has 3 rings (SSSR count). The van der Waals surface area contributed by atoms with E-state index in [9.17, 15) is 18.3 Å². The Kier molecular flexibility index (Phi) is 6.84. The van der Waals surface area contributed by atoms with Crippen molar-refractivity contribution in [1.29, 1.82) is 0 Å². The molecule has 2 aromatic heterocycles. The number of ether oxygens (including phenoxy) is 1. The fraction of sp³-hybridized carbons (Fsp3) is 0.435. The second kappa shape index (κ2) is 8.92. The first-order valence-electron chi connectivity index (χ1n) is 9.93. The number of benzene rings is 1. The summed E-state index contributed by atoms with van der Waals surface area (Å²) in [5, 5.41) is 10.6. The number of aliphatic hydroxyl groups is 1. The van der Waals surface area contributed by atoms with Gasteiger partial charge in [-0.05, 0) is 54.7 Å². The zero-order valence-corrected chi connectivity index (χ0v) is 19.5. The molecule has 0 unspecified atom stereocenters. The van der Waals surface area contributed by atoms with Gasteiger partial charge in [0.2, 0.25) is 0 Å². The van der Waals surface area contributed by atoms with Gasteiger partial charge in [-0.25, -0.2) is 0 Å². The maximum absolute atomic E-state index is 13.7. The van der Waals surface area contributed by atoms with E-state index in [0.717, 1.165) is 15.4 Å². The molecule has 0 saturated heterocycles. The third-order valence-corrected chi connectivity index (χ3v) is 5.88. The van der Waals surface area contributed by atoms with Crippen LogP contribution < -0.4 is 0 Å². The van der Waals surface area contributed by atoms with Gasteiger partial charge >= 0.3 is 6.18 Å². The number of halogens is 4. The van der Waals surface area contributed by atoms with Gasteiger partial charge in [0, 0.05) is 40.9 Å². The minimum atomic E-state index is -4.41. The number of methoxy groups -OCH3 is 1. The predicted molar refractivity (Wildman–Crippen MR) is 119 cm³/mol. The molecule has 0 saturated carbocycles. The average molecular weight is 499 g/mol. The van der Waals surface area contributed by atoms with Gasteiger partial charge < -0.3 is 14.4 Å². The predicted octanol–water partition coefficient (Wildman–Crippen LogP) is 6.30. The van der Waals surface area contributed by atoms with Crippen molar-refractivity contribution in [3.63, 3.8) is 0 Å². The smallest absolute Gasteiger partial charge is 0.396 e. The van der Waals surface area contributed by atoms with Crippen LogP contribution in [-0.2, 0) is 17.7 Å². The Labute approximate surface area is 188 Å². The molecule has 168 valence electrons. The molecule has 3 aromatic rings. The van der Waals surface area contributed by atoms with E-state index in [-0.39, 0.29) is 6.61 Å². The molecule has 0 radical (unpaired) electrons. The van der Waals surface area contributed by atoms with E-state index in [1.807, 2.05) is 26.8 Å². The lowest BCUT2D eigenvalue weighted by Crippen LogP contribution is -2.21. The van der Waals surface area contributed by atoms with Gasteiger partial charge in [-0.3, -0.25) is 4.98 Å². The highest BCUT2D eigenvalue weighted by atomic mass is 79.9. The minimum absolute atomic E-state index is 0.0965. The van der Waals surface area contributed by atoms with E-state index < -0.39 is 24.2 Å². The summed E-state index contributed by atoms with van der Waals surface area (Å²) in [5.41, 5.74) is 2.33. The summed E-state index contributed by atoms with van der Waals surface area (Å²) in [7, 11) is 1.54. The third-order valence-electron chi connectivity index (χ3n) is 5.38. The Morgan fingerprint density at radius 1 is 1.23 bits per heavy atom. The number of pyridine rings is 1. The molecule has 0 aliphatic rings. The lowest BCUT2D eigenvalue weighted by atomic mass is 9.84. The fourth-order valence-corrected chi connectivity index (χ4v) is 4.18. The normalized spacial score (nSPS) is 13.7. The van der Waals surface area contributed by atoms with Gasteiger partial charge in [-0.2, -0.15) is 13.2 Å². The lowest BCUT2D eigenvalue weighted by Gasteiger charge is -2.24. The summed E-state index contributed by atoms with van der Waals surface area (Å²) < 4.78 is 48.6. The Hall–Kier alpha value is -1.90. The SMILES string of the molecule is CO[C@@H](C)c1ncccc1-c1c(CC(C)(C)CO)c2cc(Br)ccc2n1CC(F)(F)F. The van der Waals surface area contributed by atoms with Gasteiger partial charge in [-0.15, -0.1) is 0 Å². The Morgan fingerprint density at radius 2 is 1.94 bits per heavy atom. The Bertz CT molecular complexity index is 1080. The molecule has 0 spiro atoms. The van der Waals surface area contributed by atoms with Gasteiger partial charge in [0.1, 0.15) is 6.54 Å². The topological polar surface area (TPSA) is 47.3 Å². The highest BCUT2D eigenvalue weighted by molar-refractivity contribution is 9.10. The summed E-state index contributed by atoms with van der Waals surface area (Å²) in [6.45, 7) is 4.38. The Morgan fingerprint density at radius 3 is 2.55 bits per heavy atom. The summed E-state index contributed by atoms with van der Waals surface area (Å²) in [6, 6.07) is 8.77. The van der Waals surface area contributed by atoms with Crippen LogP contribution in [0.1, 0.15) is 38.1 Å². The highest BCUT2D eigenvalue weighted by Gasteiger charge is 2.34. The van der Waals surface area contributed by atoms with Crippen LogP contribution in [0.25, 0.3) is 22.2 Å². The summed E-state index contributed by atoms with van der Waals surface area (Å²) in [4.78, 5) is 4.43. The first-order chi connectivity index (χ1) is 14.5. The summed E-state index contributed by atoms with van der Waals surface area (Å²) in [5.74, 6) is 0. The van der Waals surface area contributed by atoms with Crippen molar-refractivity contribution in [1.82, 2.24) is 9.55 Å². The van der Waals surface area contributed by atoms with Crippen LogP contribution in [0.5, 0.6) is 0 Å². The highest BCUT2D eigenvalue weighted by Crippen LogP contribution is 2.42. The molecule has 31 heavy (non-hydrogen) atoms. The number of fused-ring (bicyclic) bond motifs is 1. The van der Waals surface area contributed by atoms with Crippen LogP contribution in [0, 0.1) is 5.41 Å². The number of rotatable bonds is 7. The molecule has 0 fully saturated rings. The zero-order valence-electron chi connectivity index (χ0n) is 17.9. The summed E-state index contributed by atoms with van der Waals surface area (Å²) >= 11 is 3.45. The van der Waals surface area contributed by atoms with Crippen LogP contribution in [0.4, 0.5) is 13.2 Å². The van der Waals surface area contributed by atoms with Crippen molar-refractivity contribution in [2.24, 2.45) is 5.41 Å². The standard InChI is InChI=1S/C23H26BrF3N2O2/c1-14(31-4)20-16(6-5-9-28-20)21-18(11-22(2,3)13-30)17-10-15(24)7-8-19(17)29(21)12-23(25,26)27/h5-10,14,30H,11-13H2,1-4H3/t14-/m0/s1. The first kappa shape index (κ1) is 23.8. The molecule has 8 heteroatoms. The molecule has 1 aromatic carbocycles. The van der Waals surface area contributed by atoms with Crippen LogP contribution in [0.2, 0.25) is 0 Å². The van der Waals surface area contributed by atoms with Crippen molar-refractivity contribution in [2.45, 2.75) is 46.0 Å². The van der Waals surface area contributed by atoms with Crippen molar-refractivity contribution in [3.05, 3.63) is 52.3 Å². The summed E-state index contributed by atoms with van der Waals surface area (Å²) in [6.07, 6.45) is -2.81. The van der Waals surface area contributed by atoms with Crippen LogP contribution in [0.15, 0.2) is 41.0 Å². The number of hydrogen-bond donors (Lipinski definition) is 1. The van der Waals surface area contributed by atoms with Crippen molar-refractivity contribution in [2.75, 3.05) is 13.7 Å². The van der Waals surface area contributed by atoms with E-state index in [1.54, 1.807) is 37.6 Å². The molecule has 0 amide bonds. The van der Waals surface area contributed by atoms with E-state index >= 15 is 0 Å². The number of hydrogen-bond acceptors (Lipinski definition) is 3. The number of alkyl halides is 3. The molecular weight excluding hydrogens is 473 g/mol. The zero-order chi connectivity index (χ0) is 23.0. The van der Waals surface area contributed by atoms with Crippen LogP contribution >= 0.6 is 15.9 Å². The number of aromatic nitrogens is 2. The molecule has 0 aliphatic heterocycles. The lowest BCUT2D eigenvalue weighted by molar-refractivity contribution is -0.139. The van der Waals surface area contributed by atoms with Crippen molar-refractivity contribution < 1.29 is 23.0 Å². The van der Waals surface area contributed by atoms with E-state index in [2.05, 4.69) is 20.9 Å². The third kappa shape index (κ3) is 5.13. The largest absolute Gasteiger partial charge is 0.406 e. The van der Waals surface area contributed by atoms with Gasteiger partial charge in [0.05, 0.1) is 17.5 Å². The van der Waals surface area contributed by atoms with Gasteiger partial charge in [0.15, 0.2) is 0 Å². The molecule has 1 N–H and O–H groups in total. The fourth-order valence-electron chi connectivity index (χ4n) is 3.81. The van der Waals surface area contributed by atoms with Gasteiger partial charge in [0.25, 0.3) is 0 Å². The molecular formula is C23H26BrF3N2O2. The molecule has 0 aliphatic carbocycles. The quantitative estimate of drug-likeness (QED) is 0.415. The maximum Gasteiger partial charge on any atom is 0.406 e. The maximum atomic E-state index is 13.7. The molecule has 2 heterocycles. The van der Waals surface area contributed by atoms with E-state index in [0.29, 0.717) is 28.9 Å². The molecule has 1 atom stereocenters. The Balaban J connectivity index is 2.44. The molecule has 4 nitrogen and oxygen atoms in total. The van der Waals surface area contributed by atoms with Gasteiger partial charge in [-0.1, -0.05) is 29.8 Å². The second-order valence-corrected chi connectivity index (χ2v) is 9.42. The van der Waals surface area contributed by atoms with Crippen molar-refractivity contribution in [3.8, 4) is 11.3 Å². The van der Waals surface area contributed by atoms with Crippen LogP contribution in [0.3, 0.4) is 0 Å².